The van der Waals surface area contributed by atoms with Gasteiger partial charge in [-0.25, -0.2) is 0 Å². The fourth-order valence-electron chi connectivity index (χ4n) is 8.23. The van der Waals surface area contributed by atoms with Crippen molar-refractivity contribution >= 4 is 16.0 Å². The largest absolute Gasteiger partial charge is 0.414 e. The van der Waals surface area contributed by atoms with Crippen molar-refractivity contribution in [1.82, 2.24) is 0 Å². The lowest BCUT2D eigenvalue weighted by molar-refractivity contribution is -0.205. The molecule has 2 fully saturated rings. The van der Waals surface area contributed by atoms with Crippen LogP contribution in [0.25, 0.3) is 0 Å². The summed E-state index contributed by atoms with van der Waals surface area (Å²) in [5, 5.41) is 20.8. The molecule has 0 saturated heterocycles. The smallest absolute Gasteiger partial charge is 0.390 e. The number of aliphatic hydroxyl groups is 2. The van der Waals surface area contributed by atoms with E-state index in [1.54, 1.807) is 12.1 Å². The van der Waals surface area contributed by atoms with Gasteiger partial charge in [-0.15, -0.1) is 6.58 Å². The number of halogens is 3. The number of allylic oxidation sites excluding steroid dienone is 1. The van der Waals surface area contributed by atoms with Gasteiger partial charge < -0.3 is 10.2 Å². The summed E-state index contributed by atoms with van der Waals surface area (Å²) in [6, 6.07) is 5.34. The van der Waals surface area contributed by atoms with E-state index in [2.05, 4.69) is 24.3 Å². The molecule has 0 aromatic heterocycles. The average molecular weight is 560 g/mol. The summed E-state index contributed by atoms with van der Waals surface area (Å²) in [4.78, 5) is 0. The first-order valence-electron chi connectivity index (χ1n) is 13.5. The van der Waals surface area contributed by atoms with Crippen molar-refractivity contribution in [1.29, 1.82) is 0 Å². The standard InChI is InChI=1S/C28H40F3NO5S/c1-4-27-15-12-18-16-20(32-38(35,36)37)10-11-21(18)24(27)19(8-6-5-7-9-23(33)28(29,30)31)17-25(2)22(27)13-14-26(25,3)34/h4,10-11,16,19,22-24,32-34H,1,5-9,12-15,17H2,2-3H3,(H,35,36,37)/t19-,22+,23?,24+,25-,26-,27-/m0/s1. The number of nitrogens with one attached hydrogen (secondary N) is 1. The van der Waals surface area contributed by atoms with Crippen LogP contribution in [0.4, 0.5) is 18.9 Å². The van der Waals surface area contributed by atoms with Crippen molar-refractivity contribution in [2.24, 2.45) is 22.7 Å². The molecule has 0 amide bonds. The van der Waals surface area contributed by atoms with Crippen molar-refractivity contribution in [3.63, 3.8) is 0 Å². The lowest BCUT2D eigenvalue weighted by atomic mass is 9.43. The number of unbranched alkanes of at least 4 members (excludes halogenated alkanes) is 2. The summed E-state index contributed by atoms with van der Waals surface area (Å²) in [5.41, 5.74) is 0.976. The van der Waals surface area contributed by atoms with Gasteiger partial charge in [-0.1, -0.05) is 38.3 Å². The zero-order chi connectivity index (χ0) is 28.1. The van der Waals surface area contributed by atoms with Crippen molar-refractivity contribution in [3.8, 4) is 0 Å². The van der Waals surface area contributed by atoms with E-state index in [9.17, 15) is 36.4 Å². The lowest BCUT2D eigenvalue weighted by Crippen LogP contribution is -2.57. The van der Waals surface area contributed by atoms with Gasteiger partial charge in [0.1, 0.15) is 6.10 Å². The highest BCUT2D eigenvalue weighted by molar-refractivity contribution is 7.87. The predicted octanol–water partition coefficient (Wildman–Crippen LogP) is 6.16. The Balaban J connectivity index is 1.64. The first kappa shape index (κ1) is 29.4. The molecule has 10 heteroatoms. The van der Waals surface area contributed by atoms with Gasteiger partial charge in [0.15, 0.2) is 0 Å². The van der Waals surface area contributed by atoms with Gasteiger partial charge >= 0.3 is 16.5 Å². The monoisotopic (exact) mass is 559 g/mol. The molecule has 2 saturated carbocycles. The average Bonchev–Trinajstić information content (AvgIpc) is 3.05. The second-order valence-corrected chi connectivity index (χ2v) is 13.4. The molecule has 7 atom stereocenters. The zero-order valence-corrected chi connectivity index (χ0v) is 22.9. The highest BCUT2D eigenvalue weighted by Gasteiger charge is 2.66. The minimum atomic E-state index is -4.60. The topological polar surface area (TPSA) is 107 Å². The van der Waals surface area contributed by atoms with E-state index in [1.807, 2.05) is 13.0 Å². The van der Waals surface area contributed by atoms with Gasteiger partial charge in [0.05, 0.1) is 11.3 Å². The van der Waals surface area contributed by atoms with E-state index in [0.717, 1.165) is 36.8 Å². The molecule has 3 aliphatic carbocycles. The van der Waals surface area contributed by atoms with E-state index in [-0.39, 0.29) is 41.4 Å². The molecule has 1 aromatic rings. The molecule has 6 nitrogen and oxygen atoms in total. The van der Waals surface area contributed by atoms with Crippen molar-refractivity contribution in [2.75, 3.05) is 4.72 Å². The zero-order valence-electron chi connectivity index (χ0n) is 22.1. The van der Waals surface area contributed by atoms with Gasteiger partial charge in [0.25, 0.3) is 0 Å². The van der Waals surface area contributed by atoms with Crippen LogP contribution in [0.2, 0.25) is 0 Å². The third-order valence-corrected chi connectivity index (χ3v) is 10.7. The van der Waals surface area contributed by atoms with Gasteiger partial charge in [-0.2, -0.15) is 21.6 Å². The fraction of sp³-hybridized carbons (Fsp3) is 0.714. The van der Waals surface area contributed by atoms with Crippen LogP contribution in [-0.4, -0.2) is 41.1 Å². The summed E-state index contributed by atoms with van der Waals surface area (Å²) in [5.74, 6) is 0.441. The number of alkyl halides is 3. The van der Waals surface area contributed by atoms with Gasteiger partial charge in [-0.05, 0) is 104 Å². The van der Waals surface area contributed by atoms with E-state index < -0.39 is 28.2 Å². The Hall–Kier alpha value is -1.62. The highest BCUT2D eigenvalue weighted by Crippen LogP contribution is 2.71. The van der Waals surface area contributed by atoms with Crippen LogP contribution in [-0.2, 0) is 16.7 Å². The van der Waals surface area contributed by atoms with Gasteiger partial charge in [0, 0.05) is 0 Å². The van der Waals surface area contributed by atoms with Crippen molar-refractivity contribution in [2.45, 2.75) is 102 Å². The molecule has 0 spiro atoms. The Morgan fingerprint density at radius 1 is 1.21 bits per heavy atom. The Bertz CT molecular complexity index is 1150. The molecular formula is C28H40F3NO5S. The van der Waals surface area contributed by atoms with Crippen LogP contribution in [0.3, 0.4) is 0 Å². The van der Waals surface area contributed by atoms with Gasteiger partial charge in [0.2, 0.25) is 0 Å². The Labute approximate surface area is 223 Å². The lowest BCUT2D eigenvalue weighted by Gasteiger charge is -2.61. The Morgan fingerprint density at radius 3 is 2.55 bits per heavy atom. The maximum atomic E-state index is 12.7. The third kappa shape index (κ3) is 5.25. The number of aryl methyl sites for hydroxylation is 1. The fourth-order valence-corrected chi connectivity index (χ4v) is 8.66. The van der Waals surface area contributed by atoms with E-state index in [4.69, 9.17) is 0 Å². The quantitative estimate of drug-likeness (QED) is 0.165. The molecule has 1 unspecified atom stereocenters. The maximum absolute atomic E-state index is 12.7. The van der Waals surface area contributed by atoms with Crippen LogP contribution >= 0.6 is 0 Å². The van der Waals surface area contributed by atoms with Crippen molar-refractivity contribution < 1.29 is 36.4 Å². The van der Waals surface area contributed by atoms with Crippen LogP contribution in [0, 0.1) is 22.7 Å². The van der Waals surface area contributed by atoms with Crippen molar-refractivity contribution in [3.05, 3.63) is 42.0 Å². The number of hydrogen-bond acceptors (Lipinski definition) is 4. The number of aliphatic hydroxyl groups excluding tert-OH is 1. The van der Waals surface area contributed by atoms with Gasteiger partial charge in [-0.3, -0.25) is 9.27 Å². The molecule has 0 heterocycles. The first-order valence-corrected chi connectivity index (χ1v) is 15.0. The first-order chi connectivity index (χ1) is 17.5. The number of rotatable bonds is 9. The van der Waals surface area contributed by atoms with Crippen LogP contribution < -0.4 is 4.72 Å². The van der Waals surface area contributed by atoms with E-state index in [1.165, 1.54) is 0 Å². The summed E-state index contributed by atoms with van der Waals surface area (Å²) in [6.45, 7) is 8.38. The Morgan fingerprint density at radius 2 is 1.92 bits per heavy atom. The maximum Gasteiger partial charge on any atom is 0.414 e. The highest BCUT2D eigenvalue weighted by atomic mass is 32.2. The van der Waals surface area contributed by atoms with E-state index in [0.29, 0.717) is 31.4 Å². The molecule has 38 heavy (non-hydrogen) atoms. The van der Waals surface area contributed by atoms with Crippen LogP contribution in [0.5, 0.6) is 0 Å². The molecule has 3 aliphatic rings. The minimum absolute atomic E-state index is 0.0799. The third-order valence-electron chi connectivity index (χ3n) is 10.2. The number of anilines is 1. The van der Waals surface area contributed by atoms with Crippen LogP contribution in [0.1, 0.15) is 88.7 Å². The summed E-state index contributed by atoms with van der Waals surface area (Å²) >= 11 is 0. The summed E-state index contributed by atoms with van der Waals surface area (Å²) < 4.78 is 72.1. The normalized spacial score (nSPS) is 35.6. The minimum Gasteiger partial charge on any atom is -0.390 e. The number of fused-ring (bicyclic) bond motifs is 5. The predicted molar refractivity (Wildman–Crippen MR) is 140 cm³/mol. The Kier molecular flexibility index (Phi) is 7.80. The second kappa shape index (κ2) is 10.1. The second-order valence-electron chi connectivity index (χ2n) is 12.2. The molecular weight excluding hydrogens is 519 g/mol. The van der Waals surface area contributed by atoms with Crippen LogP contribution in [0.15, 0.2) is 30.9 Å². The number of hydrogen-bond donors (Lipinski definition) is 4. The molecule has 1 aromatic carbocycles. The molecule has 214 valence electrons. The number of benzene rings is 1. The summed E-state index contributed by atoms with van der Waals surface area (Å²) in [7, 11) is -4.40. The molecule has 0 aliphatic heterocycles. The molecule has 0 bridgehead atoms. The summed E-state index contributed by atoms with van der Waals surface area (Å²) in [6.07, 6.45) is 1.05. The molecule has 0 radical (unpaired) electrons. The molecule has 4 rings (SSSR count). The molecule has 4 N–H and O–H groups in total. The van der Waals surface area contributed by atoms with E-state index >= 15 is 0 Å². The SMILES string of the molecule is C=C[C@@]12CCc3cc(NS(=O)(=O)O)ccc3[C@H]1[C@@H](CCCCCC(O)C(F)(F)F)C[C@@]1(C)[C@H]2CC[C@]1(C)O.